The van der Waals surface area contributed by atoms with Crippen molar-refractivity contribution in [2.24, 2.45) is 0 Å². The van der Waals surface area contributed by atoms with Crippen molar-refractivity contribution in [1.29, 1.82) is 0 Å². The minimum absolute atomic E-state index is 0.416. The lowest BCUT2D eigenvalue weighted by Crippen LogP contribution is -2.39. The van der Waals surface area contributed by atoms with E-state index in [-0.39, 0.29) is 0 Å². The quantitative estimate of drug-likeness (QED) is 0.765. The molecule has 0 spiro atoms. The van der Waals surface area contributed by atoms with E-state index in [1.165, 1.54) is 0 Å². The van der Waals surface area contributed by atoms with E-state index in [2.05, 4.69) is 0 Å². The van der Waals surface area contributed by atoms with E-state index in [1.807, 2.05) is 44.2 Å². The van der Waals surface area contributed by atoms with Crippen LogP contribution < -0.4 is 0 Å². The van der Waals surface area contributed by atoms with E-state index in [4.69, 9.17) is 4.74 Å². The number of aliphatic hydroxyl groups is 2. The lowest BCUT2D eigenvalue weighted by atomic mass is 10.0. The summed E-state index contributed by atoms with van der Waals surface area (Å²) in [5.74, 6) is 0. The molecule has 0 aliphatic rings. The summed E-state index contributed by atoms with van der Waals surface area (Å²) in [5, 5.41) is 19.6. The number of benzene rings is 1. The summed E-state index contributed by atoms with van der Waals surface area (Å²) in [6.07, 6.45) is -0.583. The van der Waals surface area contributed by atoms with Gasteiger partial charge in [-0.1, -0.05) is 44.2 Å². The third-order valence-corrected chi connectivity index (χ3v) is 2.88. The van der Waals surface area contributed by atoms with Gasteiger partial charge in [0.05, 0.1) is 18.8 Å². The third-order valence-electron chi connectivity index (χ3n) is 2.88. The average Bonchev–Trinajstić information content (AvgIpc) is 2.39. The van der Waals surface area contributed by atoms with E-state index >= 15 is 0 Å². The summed E-state index contributed by atoms with van der Waals surface area (Å²) in [6, 6.07) is 9.77. The molecule has 96 valence electrons. The number of rotatable bonds is 7. The molecule has 0 aromatic heterocycles. The average molecular weight is 238 g/mol. The molecule has 0 fully saturated rings. The summed E-state index contributed by atoms with van der Waals surface area (Å²) >= 11 is 0. The molecule has 1 aromatic rings. The van der Waals surface area contributed by atoms with Gasteiger partial charge in [-0.05, 0) is 18.4 Å². The lowest BCUT2D eigenvalue weighted by molar-refractivity contribution is -0.108. The molecule has 3 heteroatoms. The van der Waals surface area contributed by atoms with Gasteiger partial charge in [0.25, 0.3) is 0 Å². The van der Waals surface area contributed by atoms with Gasteiger partial charge in [0.15, 0.2) is 0 Å². The van der Waals surface area contributed by atoms with Crippen molar-refractivity contribution in [3.8, 4) is 0 Å². The minimum Gasteiger partial charge on any atom is -0.390 e. The number of hydrogen-bond donors (Lipinski definition) is 2. The van der Waals surface area contributed by atoms with Crippen LogP contribution in [0.3, 0.4) is 0 Å². The van der Waals surface area contributed by atoms with Gasteiger partial charge in [0, 0.05) is 0 Å². The van der Waals surface area contributed by atoms with Crippen molar-refractivity contribution in [2.75, 3.05) is 0 Å². The third kappa shape index (κ3) is 4.46. The van der Waals surface area contributed by atoms with E-state index in [0.29, 0.717) is 19.4 Å². The lowest BCUT2D eigenvalue weighted by Gasteiger charge is -2.26. The molecule has 17 heavy (non-hydrogen) atoms. The molecule has 0 aliphatic heterocycles. The Morgan fingerprint density at radius 3 is 2.00 bits per heavy atom. The van der Waals surface area contributed by atoms with Crippen molar-refractivity contribution in [1.82, 2.24) is 0 Å². The highest BCUT2D eigenvalue weighted by Crippen LogP contribution is 2.14. The highest BCUT2D eigenvalue weighted by molar-refractivity contribution is 5.13. The predicted octanol–water partition coefficient (Wildman–Crippen LogP) is 2.11. The van der Waals surface area contributed by atoms with Crippen LogP contribution >= 0.6 is 0 Å². The molecule has 0 heterocycles. The molecule has 3 nitrogen and oxygen atoms in total. The molecular formula is C14H22O3. The molecule has 0 amide bonds. The van der Waals surface area contributed by atoms with Gasteiger partial charge < -0.3 is 14.9 Å². The number of ether oxygens (including phenoxy) is 1. The maximum atomic E-state index is 9.81. The molecule has 0 bridgehead atoms. The SMILES string of the molecule is CC[C@@H](O)C(OCc1ccccc1)[C@H](O)CC. The van der Waals surface area contributed by atoms with Gasteiger partial charge in [0.1, 0.15) is 6.10 Å². The standard InChI is InChI=1S/C14H22O3/c1-3-12(15)14(13(16)4-2)17-10-11-8-6-5-7-9-11/h5-9,12-16H,3-4,10H2,1-2H3/t12-,13-/m1/s1. The van der Waals surface area contributed by atoms with Crippen LogP contribution in [0, 0.1) is 0 Å². The van der Waals surface area contributed by atoms with Crippen molar-refractivity contribution < 1.29 is 14.9 Å². The maximum Gasteiger partial charge on any atom is 0.110 e. The molecule has 0 unspecified atom stereocenters. The normalized spacial score (nSPS) is 14.9. The van der Waals surface area contributed by atoms with Crippen LogP contribution in [0.15, 0.2) is 30.3 Å². The topological polar surface area (TPSA) is 49.7 Å². The molecule has 0 aliphatic carbocycles. The summed E-state index contributed by atoms with van der Waals surface area (Å²) in [5.41, 5.74) is 1.05. The Hall–Kier alpha value is -0.900. The smallest absolute Gasteiger partial charge is 0.110 e. The van der Waals surface area contributed by atoms with Gasteiger partial charge in [-0.25, -0.2) is 0 Å². The Balaban J connectivity index is 2.55. The molecule has 1 aromatic carbocycles. The Labute approximate surface area is 103 Å². The summed E-state index contributed by atoms with van der Waals surface area (Å²) in [6.45, 7) is 4.18. The van der Waals surface area contributed by atoms with Crippen LogP contribution in [0.1, 0.15) is 32.3 Å². The van der Waals surface area contributed by atoms with Crippen LogP contribution in [0.25, 0.3) is 0 Å². The van der Waals surface area contributed by atoms with Gasteiger partial charge in [-0.3, -0.25) is 0 Å². The fraction of sp³-hybridized carbons (Fsp3) is 0.571. The van der Waals surface area contributed by atoms with Crippen molar-refractivity contribution in [2.45, 2.75) is 51.6 Å². The van der Waals surface area contributed by atoms with Gasteiger partial charge in [-0.2, -0.15) is 0 Å². The molecule has 0 saturated heterocycles. The predicted molar refractivity (Wildman–Crippen MR) is 67.6 cm³/mol. The fourth-order valence-corrected chi connectivity index (χ4v) is 1.71. The second-order valence-corrected chi connectivity index (χ2v) is 4.21. The van der Waals surface area contributed by atoms with Crippen LogP contribution in [0.4, 0.5) is 0 Å². The van der Waals surface area contributed by atoms with E-state index in [9.17, 15) is 10.2 Å². The molecule has 0 radical (unpaired) electrons. The summed E-state index contributed by atoms with van der Waals surface area (Å²) in [4.78, 5) is 0. The number of aliphatic hydroxyl groups excluding tert-OH is 2. The van der Waals surface area contributed by atoms with Gasteiger partial charge in [0.2, 0.25) is 0 Å². The number of hydrogen-bond acceptors (Lipinski definition) is 3. The first-order valence-electron chi connectivity index (χ1n) is 6.20. The summed E-state index contributed by atoms with van der Waals surface area (Å²) in [7, 11) is 0. The van der Waals surface area contributed by atoms with Crippen molar-refractivity contribution >= 4 is 0 Å². The monoisotopic (exact) mass is 238 g/mol. The van der Waals surface area contributed by atoms with E-state index in [1.54, 1.807) is 0 Å². The molecule has 1 rings (SSSR count). The van der Waals surface area contributed by atoms with Crippen LogP contribution in [0.5, 0.6) is 0 Å². The zero-order valence-corrected chi connectivity index (χ0v) is 10.5. The van der Waals surface area contributed by atoms with Crippen molar-refractivity contribution in [3.05, 3.63) is 35.9 Å². The molecule has 0 saturated carbocycles. The van der Waals surface area contributed by atoms with Crippen LogP contribution in [0.2, 0.25) is 0 Å². The Morgan fingerprint density at radius 2 is 1.53 bits per heavy atom. The summed E-state index contributed by atoms with van der Waals surface area (Å²) < 4.78 is 5.63. The highest BCUT2D eigenvalue weighted by Gasteiger charge is 2.25. The highest BCUT2D eigenvalue weighted by atomic mass is 16.5. The van der Waals surface area contributed by atoms with E-state index < -0.39 is 18.3 Å². The molecule has 2 N–H and O–H groups in total. The zero-order valence-electron chi connectivity index (χ0n) is 10.5. The maximum absolute atomic E-state index is 9.81. The fourth-order valence-electron chi connectivity index (χ4n) is 1.71. The van der Waals surface area contributed by atoms with Gasteiger partial charge in [-0.15, -0.1) is 0 Å². The second-order valence-electron chi connectivity index (χ2n) is 4.21. The van der Waals surface area contributed by atoms with Crippen molar-refractivity contribution in [3.63, 3.8) is 0 Å². The second kappa shape index (κ2) is 7.43. The minimum atomic E-state index is -0.617. The largest absolute Gasteiger partial charge is 0.390 e. The Bertz CT molecular complexity index is 290. The van der Waals surface area contributed by atoms with Crippen LogP contribution in [-0.2, 0) is 11.3 Å². The first kappa shape index (κ1) is 14.2. The van der Waals surface area contributed by atoms with Crippen LogP contribution in [-0.4, -0.2) is 28.5 Å². The Kier molecular flexibility index (Phi) is 6.19. The Morgan fingerprint density at radius 1 is 1.00 bits per heavy atom. The molecule has 2 atom stereocenters. The molecular weight excluding hydrogens is 216 g/mol. The first-order chi connectivity index (χ1) is 8.19. The zero-order chi connectivity index (χ0) is 12.7. The van der Waals surface area contributed by atoms with E-state index in [0.717, 1.165) is 5.56 Å². The van der Waals surface area contributed by atoms with Gasteiger partial charge >= 0.3 is 0 Å². The first-order valence-corrected chi connectivity index (χ1v) is 6.20.